The maximum absolute atomic E-state index is 11.5. The topological polar surface area (TPSA) is 45.2 Å². The second kappa shape index (κ2) is 7.28. The predicted molar refractivity (Wildman–Crippen MR) is 93.4 cm³/mol. The molecule has 122 valence electrons. The fourth-order valence-corrected chi connectivity index (χ4v) is 3.48. The molecule has 1 aliphatic rings. The minimum Gasteiger partial charge on any atom is -0.343 e. The Morgan fingerprint density at radius 3 is 3.13 bits per heavy atom. The van der Waals surface area contributed by atoms with Crippen molar-refractivity contribution in [2.24, 2.45) is 5.92 Å². The highest BCUT2D eigenvalue weighted by atomic mass is 35.5. The molecular weight excluding hydrogens is 310 g/mol. The third-order valence-corrected chi connectivity index (χ3v) is 4.84. The van der Waals surface area contributed by atoms with Gasteiger partial charge in [-0.25, -0.2) is 0 Å². The van der Waals surface area contributed by atoms with Crippen LogP contribution in [0.5, 0.6) is 0 Å². The molecule has 1 fully saturated rings. The molecule has 1 atom stereocenters. The number of carbonyl (C=O) groups excluding carboxylic acids is 1. The first-order valence-corrected chi connectivity index (χ1v) is 8.51. The Labute approximate surface area is 141 Å². The van der Waals surface area contributed by atoms with Gasteiger partial charge in [-0.05, 0) is 49.1 Å². The summed E-state index contributed by atoms with van der Waals surface area (Å²) < 4.78 is 0. The van der Waals surface area contributed by atoms with Crippen molar-refractivity contribution in [1.29, 1.82) is 0 Å². The molecule has 4 nitrogen and oxygen atoms in total. The number of carbonyl (C=O) groups is 1. The van der Waals surface area contributed by atoms with E-state index in [4.69, 9.17) is 11.6 Å². The molecule has 0 saturated carbocycles. The van der Waals surface area contributed by atoms with Crippen LogP contribution in [-0.2, 0) is 11.3 Å². The lowest BCUT2D eigenvalue weighted by Crippen LogP contribution is -2.41. The molecule has 2 aromatic rings. The van der Waals surface area contributed by atoms with E-state index in [1.807, 2.05) is 29.2 Å². The molecule has 1 amide bonds. The summed E-state index contributed by atoms with van der Waals surface area (Å²) in [6, 6.07) is 7.87. The van der Waals surface area contributed by atoms with Gasteiger partial charge in [-0.2, -0.15) is 0 Å². The highest BCUT2D eigenvalue weighted by Crippen LogP contribution is 2.24. The lowest BCUT2D eigenvalue weighted by atomic mass is 9.98. The Hall–Kier alpha value is -1.65. The first-order chi connectivity index (χ1) is 11.1. The minimum atomic E-state index is 0.183. The largest absolute Gasteiger partial charge is 0.343 e. The maximum atomic E-state index is 11.5. The van der Waals surface area contributed by atoms with Gasteiger partial charge in [-0.15, -0.1) is 0 Å². The molecule has 0 spiro atoms. The van der Waals surface area contributed by atoms with Gasteiger partial charge in [0.15, 0.2) is 0 Å². The zero-order valence-electron chi connectivity index (χ0n) is 13.4. The summed E-state index contributed by atoms with van der Waals surface area (Å²) in [4.78, 5) is 17.9. The molecular formula is C18H22ClN3O. The Morgan fingerprint density at radius 1 is 1.43 bits per heavy atom. The van der Waals surface area contributed by atoms with Crippen LogP contribution in [0.15, 0.2) is 30.5 Å². The monoisotopic (exact) mass is 331 g/mol. The number of nitrogens with one attached hydrogen (secondary N) is 1. The number of nitrogens with zero attached hydrogens (tertiary/aromatic N) is 2. The van der Waals surface area contributed by atoms with Crippen molar-refractivity contribution in [2.75, 3.05) is 19.6 Å². The van der Waals surface area contributed by atoms with Gasteiger partial charge >= 0.3 is 0 Å². The summed E-state index contributed by atoms with van der Waals surface area (Å²) in [5, 5.41) is 5.25. The molecule has 1 unspecified atom stereocenters. The van der Waals surface area contributed by atoms with Crippen LogP contribution in [0.2, 0.25) is 5.02 Å². The average Bonchev–Trinajstić information content (AvgIpc) is 2.57. The summed E-state index contributed by atoms with van der Waals surface area (Å²) in [6.45, 7) is 5.10. The van der Waals surface area contributed by atoms with Crippen LogP contribution < -0.4 is 5.32 Å². The van der Waals surface area contributed by atoms with Gasteiger partial charge in [-0.1, -0.05) is 17.7 Å². The molecule has 1 saturated heterocycles. The number of rotatable bonds is 4. The summed E-state index contributed by atoms with van der Waals surface area (Å²) in [5.41, 5.74) is 2.12. The van der Waals surface area contributed by atoms with Gasteiger partial charge in [0.25, 0.3) is 0 Å². The first-order valence-electron chi connectivity index (χ1n) is 8.13. The number of likely N-dealkylation sites (tertiary alicyclic amines) is 1. The summed E-state index contributed by atoms with van der Waals surface area (Å²) in [5.74, 6) is 0.710. The number of pyridine rings is 1. The fraction of sp³-hybridized carbons (Fsp3) is 0.444. The second-order valence-electron chi connectivity index (χ2n) is 6.21. The number of piperidine rings is 1. The quantitative estimate of drug-likeness (QED) is 0.935. The summed E-state index contributed by atoms with van der Waals surface area (Å²) in [6.07, 6.45) is 4.07. The lowest BCUT2D eigenvalue weighted by Gasteiger charge is -2.32. The molecule has 0 bridgehead atoms. The van der Waals surface area contributed by atoms with E-state index >= 15 is 0 Å². The minimum absolute atomic E-state index is 0.183. The van der Waals surface area contributed by atoms with E-state index in [0.29, 0.717) is 5.92 Å². The summed E-state index contributed by atoms with van der Waals surface area (Å²) in [7, 11) is 0. The van der Waals surface area contributed by atoms with E-state index in [0.717, 1.165) is 54.1 Å². The molecule has 1 aromatic carbocycles. The van der Waals surface area contributed by atoms with Crippen molar-refractivity contribution in [2.45, 2.75) is 26.3 Å². The lowest BCUT2D eigenvalue weighted by molar-refractivity contribution is -0.130. The standard InChI is InChI=1S/C18H22ClN3O/c1-13(23)22-9-3-4-14(12-22)10-20-11-15-6-7-17(19)16-5-2-8-21-18(15)16/h2,5-8,14,20H,3-4,9-12H2,1H3. The van der Waals surface area contributed by atoms with Gasteiger partial charge in [0.05, 0.1) is 5.52 Å². The Kier molecular flexibility index (Phi) is 5.13. The van der Waals surface area contributed by atoms with Crippen LogP contribution in [0.1, 0.15) is 25.3 Å². The molecule has 3 rings (SSSR count). The van der Waals surface area contributed by atoms with Crippen LogP contribution in [0.4, 0.5) is 0 Å². The molecule has 1 aliphatic heterocycles. The van der Waals surface area contributed by atoms with E-state index in [2.05, 4.69) is 10.3 Å². The van der Waals surface area contributed by atoms with E-state index in [9.17, 15) is 4.79 Å². The third kappa shape index (κ3) is 3.82. The van der Waals surface area contributed by atoms with Crippen molar-refractivity contribution in [3.63, 3.8) is 0 Å². The van der Waals surface area contributed by atoms with E-state index in [1.54, 1.807) is 13.1 Å². The van der Waals surface area contributed by atoms with E-state index in [1.165, 1.54) is 6.42 Å². The van der Waals surface area contributed by atoms with Crippen LogP contribution >= 0.6 is 11.6 Å². The van der Waals surface area contributed by atoms with Gasteiger partial charge in [0.1, 0.15) is 0 Å². The van der Waals surface area contributed by atoms with Gasteiger partial charge in [0, 0.05) is 43.2 Å². The molecule has 1 N–H and O–H groups in total. The van der Waals surface area contributed by atoms with Crippen molar-refractivity contribution in [1.82, 2.24) is 15.2 Å². The zero-order chi connectivity index (χ0) is 16.2. The van der Waals surface area contributed by atoms with Crippen LogP contribution in [-0.4, -0.2) is 35.4 Å². The Balaban J connectivity index is 1.61. The Morgan fingerprint density at radius 2 is 2.30 bits per heavy atom. The zero-order valence-corrected chi connectivity index (χ0v) is 14.1. The molecule has 2 heterocycles. The van der Waals surface area contributed by atoms with Crippen LogP contribution in [0.3, 0.4) is 0 Å². The fourth-order valence-electron chi connectivity index (χ4n) is 3.27. The summed E-state index contributed by atoms with van der Waals surface area (Å²) >= 11 is 6.23. The highest BCUT2D eigenvalue weighted by molar-refractivity contribution is 6.35. The molecule has 5 heteroatoms. The second-order valence-corrected chi connectivity index (χ2v) is 6.62. The molecule has 0 aliphatic carbocycles. The van der Waals surface area contributed by atoms with Crippen molar-refractivity contribution in [3.05, 3.63) is 41.0 Å². The van der Waals surface area contributed by atoms with Gasteiger partial charge < -0.3 is 10.2 Å². The highest BCUT2D eigenvalue weighted by Gasteiger charge is 2.21. The van der Waals surface area contributed by atoms with Crippen molar-refractivity contribution in [3.8, 4) is 0 Å². The number of amides is 1. The predicted octanol–water partition coefficient (Wildman–Crippen LogP) is 3.24. The maximum Gasteiger partial charge on any atom is 0.219 e. The number of hydrogen-bond acceptors (Lipinski definition) is 3. The SMILES string of the molecule is CC(=O)N1CCCC(CNCc2ccc(Cl)c3cccnc23)C1. The van der Waals surface area contributed by atoms with Crippen LogP contribution in [0, 0.1) is 5.92 Å². The first kappa shape index (κ1) is 16.2. The molecule has 0 radical (unpaired) electrons. The van der Waals surface area contributed by atoms with E-state index in [-0.39, 0.29) is 5.91 Å². The normalized spacial score (nSPS) is 18.3. The Bertz CT molecular complexity index is 704. The molecule has 1 aromatic heterocycles. The number of halogens is 1. The van der Waals surface area contributed by atoms with Crippen molar-refractivity contribution >= 4 is 28.4 Å². The smallest absolute Gasteiger partial charge is 0.219 e. The number of aromatic nitrogens is 1. The van der Waals surface area contributed by atoms with Crippen molar-refractivity contribution < 1.29 is 4.79 Å². The average molecular weight is 332 g/mol. The third-order valence-electron chi connectivity index (χ3n) is 4.51. The van der Waals surface area contributed by atoms with Crippen LogP contribution in [0.25, 0.3) is 10.9 Å². The van der Waals surface area contributed by atoms with E-state index < -0.39 is 0 Å². The van der Waals surface area contributed by atoms with Gasteiger partial charge in [0.2, 0.25) is 5.91 Å². The number of hydrogen-bond donors (Lipinski definition) is 1. The number of fused-ring (bicyclic) bond motifs is 1. The molecule has 23 heavy (non-hydrogen) atoms. The van der Waals surface area contributed by atoms with Gasteiger partial charge in [-0.3, -0.25) is 9.78 Å². The number of benzene rings is 1.